The number of nitrogen functional groups attached to an aromatic ring is 1. The van der Waals surface area contributed by atoms with Crippen LogP contribution in [0, 0.1) is 5.82 Å². The fraction of sp³-hybridized carbons (Fsp3) is 0.333. The zero-order valence-electron chi connectivity index (χ0n) is 10.4. The van der Waals surface area contributed by atoms with Crippen LogP contribution < -0.4 is 16.4 Å². The summed E-state index contributed by atoms with van der Waals surface area (Å²) in [5.74, 6) is -1.14. The number of benzene rings is 1. The van der Waals surface area contributed by atoms with Gasteiger partial charge in [-0.25, -0.2) is 4.39 Å². The SMILES string of the molecule is CCNC(=O)CCNC(=O)c1cc(N)c(F)cc1Br. The summed E-state index contributed by atoms with van der Waals surface area (Å²) in [6.45, 7) is 2.57. The summed E-state index contributed by atoms with van der Waals surface area (Å²) in [5, 5.41) is 5.19. The third kappa shape index (κ3) is 4.51. The zero-order chi connectivity index (χ0) is 14.4. The van der Waals surface area contributed by atoms with Crippen LogP contribution in [0.2, 0.25) is 0 Å². The summed E-state index contributed by atoms with van der Waals surface area (Å²) in [4.78, 5) is 23.0. The van der Waals surface area contributed by atoms with Crippen molar-refractivity contribution in [3.05, 3.63) is 28.0 Å². The second-order valence-electron chi connectivity index (χ2n) is 3.81. The maximum absolute atomic E-state index is 13.1. The Labute approximate surface area is 118 Å². The van der Waals surface area contributed by atoms with E-state index < -0.39 is 11.7 Å². The predicted octanol–water partition coefficient (Wildman–Crippen LogP) is 1.43. The molecule has 1 rings (SSSR count). The molecule has 0 bridgehead atoms. The summed E-state index contributed by atoms with van der Waals surface area (Å²) >= 11 is 3.09. The van der Waals surface area contributed by atoms with E-state index in [1.54, 1.807) is 0 Å². The highest BCUT2D eigenvalue weighted by molar-refractivity contribution is 9.10. The van der Waals surface area contributed by atoms with Gasteiger partial charge in [0.05, 0.1) is 11.3 Å². The molecule has 19 heavy (non-hydrogen) atoms. The molecule has 1 aromatic carbocycles. The molecule has 7 heteroatoms. The summed E-state index contributed by atoms with van der Waals surface area (Å²) < 4.78 is 13.4. The predicted molar refractivity (Wildman–Crippen MR) is 74.1 cm³/mol. The minimum absolute atomic E-state index is 0.0999. The van der Waals surface area contributed by atoms with Gasteiger partial charge in [0.25, 0.3) is 5.91 Å². The first-order valence-electron chi connectivity index (χ1n) is 5.75. The van der Waals surface area contributed by atoms with Crippen molar-refractivity contribution < 1.29 is 14.0 Å². The summed E-state index contributed by atoms with van der Waals surface area (Å²) in [6, 6.07) is 2.38. The first-order valence-corrected chi connectivity index (χ1v) is 6.54. The van der Waals surface area contributed by atoms with Gasteiger partial charge in [-0.3, -0.25) is 9.59 Å². The number of hydrogen-bond donors (Lipinski definition) is 3. The van der Waals surface area contributed by atoms with Crippen LogP contribution in [0.3, 0.4) is 0 Å². The standard InChI is InChI=1S/C12H15BrFN3O2/c1-2-16-11(18)3-4-17-12(19)7-5-10(15)9(14)6-8(7)13/h5-6H,2-4,15H2,1H3,(H,16,18)(H,17,19). The molecule has 0 heterocycles. The van der Waals surface area contributed by atoms with Gasteiger partial charge in [-0.15, -0.1) is 0 Å². The lowest BCUT2D eigenvalue weighted by molar-refractivity contribution is -0.120. The molecule has 0 aliphatic heterocycles. The Morgan fingerprint density at radius 3 is 2.68 bits per heavy atom. The number of nitrogens with one attached hydrogen (secondary N) is 2. The lowest BCUT2D eigenvalue weighted by atomic mass is 10.2. The van der Waals surface area contributed by atoms with E-state index in [0.717, 1.165) is 6.07 Å². The van der Waals surface area contributed by atoms with Crippen molar-refractivity contribution in [1.82, 2.24) is 10.6 Å². The van der Waals surface area contributed by atoms with Crippen LogP contribution in [0.15, 0.2) is 16.6 Å². The lowest BCUT2D eigenvalue weighted by Crippen LogP contribution is -2.30. The molecule has 0 aliphatic carbocycles. The van der Waals surface area contributed by atoms with E-state index >= 15 is 0 Å². The molecule has 104 valence electrons. The first kappa shape index (κ1) is 15.4. The van der Waals surface area contributed by atoms with E-state index in [-0.39, 0.29) is 30.1 Å². The highest BCUT2D eigenvalue weighted by Crippen LogP contribution is 2.22. The number of carbonyl (C=O) groups is 2. The molecule has 0 saturated heterocycles. The Balaban J connectivity index is 2.59. The topological polar surface area (TPSA) is 84.2 Å². The fourth-order valence-electron chi connectivity index (χ4n) is 1.41. The van der Waals surface area contributed by atoms with Gasteiger partial charge >= 0.3 is 0 Å². The van der Waals surface area contributed by atoms with E-state index in [4.69, 9.17) is 5.73 Å². The Morgan fingerprint density at radius 1 is 1.37 bits per heavy atom. The van der Waals surface area contributed by atoms with Gasteiger partial charge in [0.15, 0.2) is 0 Å². The highest BCUT2D eigenvalue weighted by atomic mass is 79.9. The monoisotopic (exact) mass is 331 g/mol. The molecular formula is C12H15BrFN3O2. The van der Waals surface area contributed by atoms with Crippen molar-refractivity contribution in [3.8, 4) is 0 Å². The second-order valence-corrected chi connectivity index (χ2v) is 4.67. The van der Waals surface area contributed by atoms with Crippen LogP contribution in [0.4, 0.5) is 10.1 Å². The molecule has 1 aromatic rings. The molecule has 0 atom stereocenters. The minimum Gasteiger partial charge on any atom is -0.396 e. The third-order valence-corrected chi connectivity index (χ3v) is 3.00. The van der Waals surface area contributed by atoms with Gasteiger partial charge < -0.3 is 16.4 Å². The molecule has 0 aliphatic rings. The quantitative estimate of drug-likeness (QED) is 0.713. The number of hydrogen-bond acceptors (Lipinski definition) is 3. The van der Waals surface area contributed by atoms with E-state index in [1.807, 2.05) is 6.92 Å². The van der Waals surface area contributed by atoms with Crippen LogP contribution in [0.1, 0.15) is 23.7 Å². The molecule has 0 fully saturated rings. The van der Waals surface area contributed by atoms with Gasteiger partial charge in [0.1, 0.15) is 5.82 Å². The molecule has 4 N–H and O–H groups in total. The Hall–Kier alpha value is -1.63. The zero-order valence-corrected chi connectivity index (χ0v) is 12.0. The molecule has 0 radical (unpaired) electrons. The lowest BCUT2D eigenvalue weighted by Gasteiger charge is -2.08. The fourth-order valence-corrected chi connectivity index (χ4v) is 1.91. The van der Waals surface area contributed by atoms with Crippen LogP contribution in [0.25, 0.3) is 0 Å². The Morgan fingerprint density at radius 2 is 2.05 bits per heavy atom. The molecular weight excluding hydrogens is 317 g/mol. The largest absolute Gasteiger partial charge is 0.396 e. The normalized spacial score (nSPS) is 10.1. The number of amides is 2. The van der Waals surface area contributed by atoms with E-state index in [2.05, 4.69) is 26.6 Å². The maximum Gasteiger partial charge on any atom is 0.252 e. The van der Waals surface area contributed by atoms with Gasteiger partial charge in [-0.1, -0.05) is 0 Å². The number of carbonyl (C=O) groups excluding carboxylic acids is 2. The summed E-state index contributed by atoms with van der Waals surface area (Å²) in [7, 11) is 0. The van der Waals surface area contributed by atoms with E-state index in [0.29, 0.717) is 11.0 Å². The molecule has 0 saturated carbocycles. The molecule has 0 aromatic heterocycles. The van der Waals surface area contributed by atoms with Crippen molar-refractivity contribution >= 4 is 33.4 Å². The van der Waals surface area contributed by atoms with Crippen molar-refractivity contribution in [2.75, 3.05) is 18.8 Å². The highest BCUT2D eigenvalue weighted by Gasteiger charge is 2.13. The maximum atomic E-state index is 13.1. The number of halogens is 2. The van der Waals surface area contributed by atoms with Crippen molar-refractivity contribution in [1.29, 1.82) is 0 Å². The molecule has 0 spiro atoms. The smallest absolute Gasteiger partial charge is 0.252 e. The Kier molecular flexibility index (Phi) is 5.75. The molecule has 2 amide bonds. The van der Waals surface area contributed by atoms with Gasteiger partial charge in [-0.05, 0) is 35.0 Å². The number of anilines is 1. The van der Waals surface area contributed by atoms with E-state index in [9.17, 15) is 14.0 Å². The van der Waals surface area contributed by atoms with Gasteiger partial charge in [0, 0.05) is 24.0 Å². The number of rotatable bonds is 5. The van der Waals surface area contributed by atoms with Crippen LogP contribution in [-0.4, -0.2) is 24.9 Å². The average Bonchev–Trinajstić information content (AvgIpc) is 2.34. The molecule has 5 nitrogen and oxygen atoms in total. The van der Waals surface area contributed by atoms with E-state index in [1.165, 1.54) is 6.07 Å². The minimum atomic E-state index is -0.592. The van der Waals surface area contributed by atoms with Crippen molar-refractivity contribution in [3.63, 3.8) is 0 Å². The molecule has 0 unspecified atom stereocenters. The second kappa shape index (κ2) is 7.08. The van der Waals surface area contributed by atoms with Crippen LogP contribution >= 0.6 is 15.9 Å². The van der Waals surface area contributed by atoms with Gasteiger partial charge in [0.2, 0.25) is 5.91 Å². The third-order valence-electron chi connectivity index (χ3n) is 2.34. The van der Waals surface area contributed by atoms with Crippen molar-refractivity contribution in [2.24, 2.45) is 0 Å². The Bertz CT molecular complexity index is 494. The number of nitrogens with two attached hydrogens (primary N) is 1. The summed E-state index contributed by atoms with van der Waals surface area (Å²) in [5.41, 5.74) is 5.54. The summed E-state index contributed by atoms with van der Waals surface area (Å²) in [6.07, 6.45) is 0.188. The van der Waals surface area contributed by atoms with Crippen molar-refractivity contribution in [2.45, 2.75) is 13.3 Å². The first-order chi connectivity index (χ1) is 8.95. The average molecular weight is 332 g/mol. The van der Waals surface area contributed by atoms with Crippen LogP contribution in [-0.2, 0) is 4.79 Å². The van der Waals surface area contributed by atoms with Crippen LogP contribution in [0.5, 0.6) is 0 Å². The van der Waals surface area contributed by atoms with Gasteiger partial charge in [-0.2, -0.15) is 0 Å².